The van der Waals surface area contributed by atoms with Gasteiger partial charge in [-0.05, 0) is 0 Å². The number of benzene rings is 4. The zero-order valence-electron chi connectivity index (χ0n) is 28.4. The number of rotatable bonds is 8. The van der Waals surface area contributed by atoms with Gasteiger partial charge in [0.2, 0.25) is 0 Å². The molecule has 2 unspecified atom stereocenters. The fourth-order valence-electron chi connectivity index (χ4n) is 11.2. The van der Waals surface area contributed by atoms with E-state index in [1.165, 1.54) is 75.1 Å². The van der Waals surface area contributed by atoms with Crippen LogP contribution in [0.2, 0.25) is 17.7 Å². The Morgan fingerprint density at radius 3 is 1.23 bits per heavy atom. The van der Waals surface area contributed by atoms with E-state index in [1.54, 1.807) is 0 Å². The second-order valence-electron chi connectivity index (χ2n) is 17.2. The van der Waals surface area contributed by atoms with E-state index in [2.05, 4.69) is 148 Å². The van der Waals surface area contributed by atoms with Crippen molar-refractivity contribution in [2.45, 2.75) is 79.4 Å². The zero-order valence-corrected chi connectivity index (χ0v) is 32.0. The van der Waals surface area contributed by atoms with Gasteiger partial charge in [-0.15, -0.1) is 0 Å². The van der Waals surface area contributed by atoms with Gasteiger partial charge in [0.1, 0.15) is 0 Å². The first-order chi connectivity index (χ1) is 20.7. The van der Waals surface area contributed by atoms with Crippen molar-refractivity contribution in [3.63, 3.8) is 0 Å². The third-order valence-electron chi connectivity index (χ3n) is 13.1. The van der Waals surface area contributed by atoms with Crippen LogP contribution in [0.25, 0.3) is 34.4 Å². The van der Waals surface area contributed by atoms with Crippen LogP contribution in [0.3, 0.4) is 0 Å². The molecule has 2 atom stereocenters. The van der Waals surface area contributed by atoms with Crippen LogP contribution in [-0.4, -0.2) is 4.26 Å². The van der Waals surface area contributed by atoms with Crippen molar-refractivity contribution in [3.05, 3.63) is 129 Å². The van der Waals surface area contributed by atoms with Crippen LogP contribution in [0.5, 0.6) is 0 Å². The van der Waals surface area contributed by atoms with Gasteiger partial charge < -0.3 is 0 Å². The summed E-state index contributed by atoms with van der Waals surface area (Å²) in [4.78, 5) is 0. The molecular formula is C43H52Hf. The van der Waals surface area contributed by atoms with E-state index in [0.717, 1.165) is 12.8 Å². The molecule has 44 heavy (non-hydrogen) atoms. The second-order valence-corrected chi connectivity index (χ2v) is 67.8. The SMILES string of the molecule is [CH2]=[Hf]([CH3])([CH3])([CH2]CC)([CH2]CC)([CH]1C=Cc2c(-c3c(C)cccc3C)cccc21)[CH]1C=Cc2c(-c3c(C)cccc3C)cccc21. The second kappa shape index (κ2) is 9.56. The van der Waals surface area contributed by atoms with Crippen molar-refractivity contribution in [2.75, 3.05) is 0 Å². The molecule has 0 aromatic heterocycles. The van der Waals surface area contributed by atoms with Crippen molar-refractivity contribution in [1.82, 2.24) is 0 Å². The van der Waals surface area contributed by atoms with Crippen LogP contribution in [-0.2, 0) is 15.1 Å². The summed E-state index contributed by atoms with van der Waals surface area (Å²) in [5.41, 5.74) is 16.7. The molecule has 228 valence electrons. The number of aryl methyl sites for hydroxylation is 4. The normalized spacial score (nSPS) is 19.6. The summed E-state index contributed by atoms with van der Waals surface area (Å²) in [6.45, 7) is 13.8. The summed E-state index contributed by atoms with van der Waals surface area (Å²) in [6.07, 6.45) is 12.5. The van der Waals surface area contributed by atoms with E-state index >= 15 is 0 Å². The molecule has 0 spiro atoms. The van der Waals surface area contributed by atoms with E-state index in [9.17, 15) is 0 Å². The van der Waals surface area contributed by atoms with Crippen molar-refractivity contribution in [2.24, 2.45) is 0 Å². The first kappa shape index (κ1) is 31.1. The Hall–Kier alpha value is -2.90. The molecule has 0 amide bonds. The summed E-state index contributed by atoms with van der Waals surface area (Å²) in [5, 5.41) is 0. The van der Waals surface area contributed by atoms with Crippen LogP contribution in [0.15, 0.2) is 84.9 Å². The van der Waals surface area contributed by atoms with Crippen LogP contribution >= 0.6 is 0 Å². The summed E-state index contributed by atoms with van der Waals surface area (Å²) in [6, 6.07) is 27.6. The maximum atomic E-state index is 5.88. The van der Waals surface area contributed by atoms with E-state index in [4.69, 9.17) is 4.26 Å². The molecular weight excluding hydrogens is 695 g/mol. The Labute approximate surface area is 261 Å². The van der Waals surface area contributed by atoms with E-state index in [-0.39, 0.29) is 0 Å². The van der Waals surface area contributed by atoms with Crippen molar-refractivity contribution in [1.29, 1.82) is 0 Å². The van der Waals surface area contributed by atoms with Crippen molar-refractivity contribution < 1.29 is 15.1 Å². The van der Waals surface area contributed by atoms with Crippen LogP contribution < -0.4 is 0 Å². The van der Waals surface area contributed by atoms with Crippen LogP contribution in [0, 0.1) is 27.7 Å². The summed E-state index contributed by atoms with van der Waals surface area (Å²) in [7, 11) is 0. The average molecular weight is 747 g/mol. The molecule has 0 heterocycles. The van der Waals surface area contributed by atoms with Gasteiger partial charge in [0.25, 0.3) is 0 Å². The minimum absolute atomic E-state index is 0.322. The van der Waals surface area contributed by atoms with Gasteiger partial charge in [-0.25, -0.2) is 0 Å². The monoisotopic (exact) mass is 748 g/mol. The summed E-state index contributed by atoms with van der Waals surface area (Å²) >= 11 is -5.29. The van der Waals surface area contributed by atoms with Gasteiger partial charge in [-0.2, -0.15) is 0 Å². The van der Waals surface area contributed by atoms with Crippen LogP contribution in [0.4, 0.5) is 0 Å². The number of hydrogen-bond donors (Lipinski definition) is 0. The standard InChI is InChI=1S/2C17H15.2C3H7.2CH3.CH2.Hf/c2*1-12-6-3-7-13(2)17(12)16-11-5-9-14-8-4-10-15(14)16;2*1-3-2;;;;/h2*3-11H,1-2H3;2*1,3H2,2H3;2*1H3;1H2;. The van der Waals surface area contributed by atoms with E-state index < -0.39 is 15.1 Å². The molecule has 6 rings (SSSR count). The fraction of sp³-hybridized carbons (Fsp3) is 0.326. The molecule has 0 bridgehead atoms. The molecule has 0 saturated carbocycles. The van der Waals surface area contributed by atoms with E-state index in [0.29, 0.717) is 7.35 Å². The van der Waals surface area contributed by atoms with Gasteiger partial charge in [-0.3, -0.25) is 0 Å². The molecule has 1 heteroatoms. The third kappa shape index (κ3) is 4.14. The average Bonchev–Trinajstić information content (AvgIpc) is 3.61. The van der Waals surface area contributed by atoms with Gasteiger partial charge >= 0.3 is 263 Å². The van der Waals surface area contributed by atoms with Gasteiger partial charge in [0.05, 0.1) is 0 Å². The molecule has 2 aliphatic carbocycles. The molecule has 0 aliphatic heterocycles. The minimum atomic E-state index is -5.29. The Morgan fingerprint density at radius 1 is 0.545 bits per heavy atom. The Morgan fingerprint density at radius 2 is 0.886 bits per heavy atom. The molecule has 4 aromatic carbocycles. The summed E-state index contributed by atoms with van der Waals surface area (Å²) < 4.78 is 14.5. The number of fused-ring (bicyclic) bond motifs is 2. The topological polar surface area (TPSA) is 0 Å². The first-order valence-corrected chi connectivity index (χ1v) is 36.0. The molecule has 0 radical (unpaired) electrons. The third-order valence-corrected chi connectivity index (χ3v) is 57.7. The molecule has 2 aliphatic rings. The van der Waals surface area contributed by atoms with E-state index in [1.807, 2.05) is 0 Å². The molecule has 4 aromatic rings. The number of allylic oxidation sites excluding steroid dienone is 2. The quantitative estimate of drug-likeness (QED) is 0.158. The molecule has 0 N–H and O–H groups in total. The van der Waals surface area contributed by atoms with Crippen molar-refractivity contribution >= 4 is 16.4 Å². The fourth-order valence-corrected chi connectivity index (χ4v) is 53.8. The molecule has 0 nitrogen and oxygen atoms in total. The molecule has 0 fully saturated rings. The number of hydrogen-bond acceptors (Lipinski definition) is 0. The van der Waals surface area contributed by atoms with Gasteiger partial charge in [0, 0.05) is 0 Å². The zero-order chi connectivity index (χ0) is 31.6. The summed E-state index contributed by atoms with van der Waals surface area (Å²) in [5.74, 6) is 0. The Kier molecular flexibility index (Phi) is 6.75. The maximum absolute atomic E-state index is 5.88. The van der Waals surface area contributed by atoms with Crippen molar-refractivity contribution in [3.8, 4) is 22.3 Å². The molecule has 0 saturated heterocycles. The van der Waals surface area contributed by atoms with Gasteiger partial charge in [-0.1, -0.05) is 0 Å². The predicted octanol–water partition coefficient (Wildman–Crippen LogP) is 13.0. The van der Waals surface area contributed by atoms with Gasteiger partial charge in [0.15, 0.2) is 0 Å². The first-order valence-electron chi connectivity index (χ1n) is 17.0. The Bertz CT molecular complexity index is 1840. The Balaban J connectivity index is 1.64. The predicted molar refractivity (Wildman–Crippen MR) is 195 cm³/mol. The van der Waals surface area contributed by atoms with Crippen LogP contribution in [0.1, 0.15) is 78.5 Å².